The fourth-order valence-corrected chi connectivity index (χ4v) is 1.38. The number of esters is 1. The van der Waals surface area contributed by atoms with Gasteiger partial charge >= 0.3 is 5.97 Å². The first-order valence-electron chi connectivity index (χ1n) is 4.42. The van der Waals surface area contributed by atoms with Crippen LogP contribution in [-0.4, -0.2) is 5.97 Å². The maximum atomic E-state index is 10.8. The van der Waals surface area contributed by atoms with Crippen molar-refractivity contribution < 1.29 is 9.53 Å². The molecule has 0 atom stereocenters. The van der Waals surface area contributed by atoms with Gasteiger partial charge in [0.15, 0.2) is 0 Å². The van der Waals surface area contributed by atoms with Crippen molar-refractivity contribution in [2.45, 2.75) is 27.2 Å². The van der Waals surface area contributed by atoms with Crippen molar-refractivity contribution in [1.29, 1.82) is 0 Å². The average Bonchev–Trinajstić information content (AvgIpc) is 2.03. The molecule has 0 unspecified atom stereocenters. The second-order valence-corrected chi connectivity index (χ2v) is 3.00. The van der Waals surface area contributed by atoms with Crippen molar-refractivity contribution >= 4 is 5.97 Å². The molecule has 0 spiro atoms. The molecule has 2 nitrogen and oxygen atoms in total. The molecular formula is C11H14O2. The summed E-state index contributed by atoms with van der Waals surface area (Å²) in [7, 11) is 0. The monoisotopic (exact) mass is 178 g/mol. The topological polar surface area (TPSA) is 26.3 Å². The molecule has 0 heterocycles. The van der Waals surface area contributed by atoms with Crippen molar-refractivity contribution in [3.8, 4) is 5.75 Å². The third-order valence-corrected chi connectivity index (χ3v) is 1.97. The minimum absolute atomic E-state index is 0.264. The predicted molar refractivity (Wildman–Crippen MR) is 51.9 cm³/mol. The Morgan fingerprint density at radius 1 is 1.46 bits per heavy atom. The number of carbonyl (C=O) groups is 1. The zero-order valence-corrected chi connectivity index (χ0v) is 8.26. The quantitative estimate of drug-likeness (QED) is 0.513. The van der Waals surface area contributed by atoms with Gasteiger partial charge < -0.3 is 4.74 Å². The van der Waals surface area contributed by atoms with E-state index < -0.39 is 0 Å². The van der Waals surface area contributed by atoms with Gasteiger partial charge in [-0.1, -0.05) is 19.1 Å². The second-order valence-electron chi connectivity index (χ2n) is 3.00. The maximum Gasteiger partial charge on any atom is 0.308 e. The highest BCUT2D eigenvalue weighted by molar-refractivity contribution is 5.70. The van der Waals surface area contributed by atoms with Gasteiger partial charge in [0.05, 0.1) is 0 Å². The lowest BCUT2D eigenvalue weighted by Crippen LogP contribution is -2.04. The van der Waals surface area contributed by atoms with E-state index in [0.717, 1.165) is 12.0 Å². The van der Waals surface area contributed by atoms with Crippen LogP contribution in [0.5, 0.6) is 5.75 Å². The van der Waals surface area contributed by atoms with E-state index in [1.54, 1.807) is 0 Å². The van der Waals surface area contributed by atoms with Crippen LogP contribution in [0, 0.1) is 6.92 Å². The maximum absolute atomic E-state index is 10.8. The van der Waals surface area contributed by atoms with Crippen LogP contribution in [0.25, 0.3) is 0 Å². The highest BCUT2D eigenvalue weighted by Gasteiger charge is 2.05. The summed E-state index contributed by atoms with van der Waals surface area (Å²) in [5.41, 5.74) is 2.28. The van der Waals surface area contributed by atoms with Crippen LogP contribution in [0.4, 0.5) is 0 Å². The molecule has 0 aromatic heterocycles. The van der Waals surface area contributed by atoms with E-state index in [9.17, 15) is 4.79 Å². The summed E-state index contributed by atoms with van der Waals surface area (Å²) in [4.78, 5) is 10.8. The number of hydrogen-bond donors (Lipinski definition) is 0. The number of carbonyl (C=O) groups excluding carboxylic acids is 1. The van der Waals surface area contributed by atoms with Crippen molar-refractivity contribution in [3.63, 3.8) is 0 Å². The van der Waals surface area contributed by atoms with Crippen LogP contribution in [0.3, 0.4) is 0 Å². The fraction of sp³-hybridized carbons (Fsp3) is 0.364. The minimum atomic E-state index is -0.264. The molecule has 1 aromatic carbocycles. The Bertz CT molecular complexity index is 316. The number of aryl methyl sites for hydroxylation is 1. The molecule has 0 aliphatic carbocycles. The molecule has 0 bridgehead atoms. The van der Waals surface area contributed by atoms with Crippen LogP contribution in [0.1, 0.15) is 25.0 Å². The normalized spacial score (nSPS) is 9.77. The third-order valence-electron chi connectivity index (χ3n) is 1.97. The molecule has 0 saturated carbocycles. The van der Waals surface area contributed by atoms with Crippen LogP contribution in [0.15, 0.2) is 18.2 Å². The molecule has 0 aliphatic rings. The summed E-state index contributed by atoms with van der Waals surface area (Å²) in [6.07, 6.45) is 0.884. The zero-order chi connectivity index (χ0) is 9.84. The van der Waals surface area contributed by atoms with Gasteiger partial charge in [-0.25, -0.2) is 0 Å². The molecule has 0 fully saturated rings. The summed E-state index contributed by atoms with van der Waals surface area (Å²) < 4.78 is 5.08. The number of rotatable bonds is 2. The van der Waals surface area contributed by atoms with Crippen molar-refractivity contribution in [1.82, 2.24) is 0 Å². The number of ether oxygens (including phenoxy) is 1. The van der Waals surface area contributed by atoms with Gasteiger partial charge in [0.25, 0.3) is 0 Å². The molecule has 70 valence electrons. The van der Waals surface area contributed by atoms with E-state index in [-0.39, 0.29) is 5.97 Å². The highest BCUT2D eigenvalue weighted by atomic mass is 16.5. The van der Waals surface area contributed by atoms with Gasteiger partial charge in [0.2, 0.25) is 0 Å². The Hall–Kier alpha value is -1.31. The molecule has 2 heteroatoms. The van der Waals surface area contributed by atoms with Crippen molar-refractivity contribution in [2.24, 2.45) is 0 Å². The molecular weight excluding hydrogens is 164 g/mol. The molecule has 0 amide bonds. The summed E-state index contributed by atoms with van der Waals surface area (Å²) in [5.74, 6) is 0.426. The number of hydrogen-bond acceptors (Lipinski definition) is 2. The van der Waals surface area contributed by atoms with Gasteiger partial charge in [-0.2, -0.15) is 0 Å². The van der Waals surface area contributed by atoms with Gasteiger partial charge in [0.1, 0.15) is 5.75 Å². The lowest BCUT2D eigenvalue weighted by molar-refractivity contribution is -0.131. The van der Waals surface area contributed by atoms with Crippen molar-refractivity contribution in [3.05, 3.63) is 29.3 Å². The third kappa shape index (κ3) is 2.31. The first-order valence-corrected chi connectivity index (χ1v) is 4.42. The SMILES string of the molecule is CCc1c(C)cccc1OC(C)=O. The molecule has 0 saturated heterocycles. The summed E-state index contributed by atoms with van der Waals surface area (Å²) in [5, 5.41) is 0. The molecule has 1 aromatic rings. The Kier molecular flexibility index (Phi) is 3.07. The van der Waals surface area contributed by atoms with E-state index >= 15 is 0 Å². The lowest BCUT2D eigenvalue weighted by atomic mass is 10.1. The first kappa shape index (κ1) is 9.78. The standard InChI is InChI=1S/C11H14O2/c1-4-10-8(2)6-5-7-11(10)13-9(3)12/h5-7H,4H2,1-3H3. The average molecular weight is 178 g/mol. The Balaban J connectivity index is 3.05. The summed E-state index contributed by atoms with van der Waals surface area (Å²) in [6.45, 7) is 5.49. The second kappa shape index (κ2) is 4.08. The Morgan fingerprint density at radius 2 is 2.15 bits per heavy atom. The lowest BCUT2D eigenvalue weighted by Gasteiger charge is -2.09. The molecule has 0 N–H and O–H groups in total. The fourth-order valence-electron chi connectivity index (χ4n) is 1.38. The molecule has 13 heavy (non-hydrogen) atoms. The predicted octanol–water partition coefficient (Wildman–Crippen LogP) is 2.48. The smallest absolute Gasteiger partial charge is 0.308 e. The Morgan fingerprint density at radius 3 is 2.69 bits per heavy atom. The Labute approximate surface area is 78.5 Å². The largest absolute Gasteiger partial charge is 0.426 e. The molecule has 1 rings (SSSR count). The first-order chi connectivity index (χ1) is 6.15. The van der Waals surface area contributed by atoms with Crippen LogP contribution >= 0.6 is 0 Å². The highest BCUT2D eigenvalue weighted by Crippen LogP contribution is 2.22. The number of benzene rings is 1. The molecule has 0 aliphatic heterocycles. The van der Waals surface area contributed by atoms with Gasteiger partial charge in [-0.15, -0.1) is 0 Å². The minimum Gasteiger partial charge on any atom is -0.426 e. The van der Waals surface area contributed by atoms with Crippen LogP contribution in [0.2, 0.25) is 0 Å². The van der Waals surface area contributed by atoms with Crippen molar-refractivity contribution in [2.75, 3.05) is 0 Å². The van der Waals surface area contributed by atoms with Crippen LogP contribution < -0.4 is 4.74 Å². The summed E-state index contributed by atoms with van der Waals surface area (Å²) in [6, 6.07) is 5.74. The molecule has 0 radical (unpaired) electrons. The van der Waals surface area contributed by atoms with E-state index in [2.05, 4.69) is 6.92 Å². The summed E-state index contributed by atoms with van der Waals surface area (Å²) >= 11 is 0. The van der Waals surface area contributed by atoms with E-state index in [4.69, 9.17) is 4.74 Å². The van der Waals surface area contributed by atoms with Gasteiger partial charge in [-0.05, 0) is 30.5 Å². The van der Waals surface area contributed by atoms with Crippen LogP contribution in [-0.2, 0) is 11.2 Å². The van der Waals surface area contributed by atoms with E-state index in [1.165, 1.54) is 12.5 Å². The zero-order valence-electron chi connectivity index (χ0n) is 8.26. The van der Waals surface area contributed by atoms with Gasteiger partial charge in [-0.3, -0.25) is 4.79 Å². The van der Waals surface area contributed by atoms with E-state index in [0.29, 0.717) is 5.75 Å². The van der Waals surface area contributed by atoms with E-state index in [1.807, 2.05) is 25.1 Å². The van der Waals surface area contributed by atoms with Gasteiger partial charge in [0, 0.05) is 6.92 Å².